The third-order valence-corrected chi connectivity index (χ3v) is 8.99. The number of anilines is 1. The van der Waals surface area contributed by atoms with E-state index in [2.05, 4.69) is 18.9 Å². The third-order valence-electron chi connectivity index (χ3n) is 8.99. The molecule has 11 heteroatoms. The van der Waals surface area contributed by atoms with Gasteiger partial charge in [0.2, 0.25) is 18.4 Å². The summed E-state index contributed by atoms with van der Waals surface area (Å²) in [6.45, 7) is 6.81. The number of ether oxygens (including phenoxy) is 3. The molecule has 1 aromatic heterocycles. The molecule has 3 heterocycles. The van der Waals surface area contributed by atoms with Gasteiger partial charge in [-0.05, 0) is 73.7 Å². The summed E-state index contributed by atoms with van der Waals surface area (Å²) >= 11 is 0. The van der Waals surface area contributed by atoms with Gasteiger partial charge in [0.15, 0.2) is 11.5 Å². The van der Waals surface area contributed by atoms with Gasteiger partial charge in [0, 0.05) is 49.2 Å². The fourth-order valence-corrected chi connectivity index (χ4v) is 6.91. The average Bonchev–Trinajstić information content (AvgIpc) is 3.78. The number of carbonyl (C=O) groups is 2. The van der Waals surface area contributed by atoms with Crippen molar-refractivity contribution >= 4 is 17.6 Å². The summed E-state index contributed by atoms with van der Waals surface area (Å²) in [7, 11) is 1.54. The summed E-state index contributed by atoms with van der Waals surface area (Å²) in [6.07, 6.45) is 7.40. The van der Waals surface area contributed by atoms with Gasteiger partial charge in [-0.15, -0.1) is 0 Å². The van der Waals surface area contributed by atoms with Crippen LogP contribution in [0.4, 0.5) is 10.1 Å². The van der Waals surface area contributed by atoms with Gasteiger partial charge in [-0.1, -0.05) is 26.7 Å². The molecule has 2 aliphatic rings. The number of aromatic nitrogens is 2. The van der Waals surface area contributed by atoms with Gasteiger partial charge < -0.3 is 24.2 Å². The van der Waals surface area contributed by atoms with Crippen LogP contribution in [-0.4, -0.2) is 70.7 Å². The molecule has 0 saturated carbocycles. The molecular weight excluding hydrogens is 579 g/mol. The van der Waals surface area contributed by atoms with Gasteiger partial charge in [0.05, 0.1) is 19.6 Å². The van der Waals surface area contributed by atoms with Crippen LogP contribution >= 0.6 is 0 Å². The first kappa shape index (κ1) is 32.3. The zero-order valence-electron chi connectivity index (χ0n) is 26.4. The quantitative estimate of drug-likeness (QED) is 0.247. The lowest BCUT2D eigenvalue weighted by Crippen LogP contribution is -2.48. The number of amides is 1. The highest BCUT2D eigenvalue weighted by molar-refractivity contribution is 5.95. The third kappa shape index (κ3) is 6.93. The molecule has 45 heavy (non-hydrogen) atoms. The summed E-state index contributed by atoms with van der Waals surface area (Å²) in [5.74, 6) is -1.15. The second-order valence-electron chi connectivity index (χ2n) is 11.9. The molecule has 0 radical (unpaired) electrons. The van der Waals surface area contributed by atoms with Crippen molar-refractivity contribution in [2.45, 2.75) is 77.4 Å². The molecule has 2 aromatic carbocycles. The Morgan fingerprint density at radius 1 is 1.18 bits per heavy atom. The fourth-order valence-electron chi connectivity index (χ4n) is 6.91. The molecule has 0 unspecified atom stereocenters. The van der Waals surface area contributed by atoms with E-state index in [1.165, 1.54) is 13.2 Å². The van der Waals surface area contributed by atoms with Gasteiger partial charge in [-0.3, -0.25) is 19.2 Å². The number of carboxylic acids is 1. The van der Waals surface area contributed by atoms with E-state index in [1.807, 2.05) is 34.2 Å². The van der Waals surface area contributed by atoms with Crippen LogP contribution in [0.25, 0.3) is 0 Å². The number of methoxy groups -OCH3 is 1. The zero-order valence-corrected chi connectivity index (χ0v) is 26.4. The normalized spacial score (nSPS) is 19.3. The van der Waals surface area contributed by atoms with Gasteiger partial charge in [-0.2, -0.15) is 5.10 Å². The first-order valence-electron chi connectivity index (χ1n) is 15.8. The van der Waals surface area contributed by atoms with Crippen molar-refractivity contribution < 1.29 is 33.3 Å². The van der Waals surface area contributed by atoms with E-state index in [9.17, 15) is 19.1 Å². The van der Waals surface area contributed by atoms with E-state index in [0.717, 1.165) is 31.2 Å². The van der Waals surface area contributed by atoms with Gasteiger partial charge >= 0.3 is 5.97 Å². The Morgan fingerprint density at radius 2 is 1.96 bits per heavy atom. The van der Waals surface area contributed by atoms with Crippen molar-refractivity contribution in [2.75, 3.05) is 31.9 Å². The van der Waals surface area contributed by atoms with Crippen LogP contribution in [0.15, 0.2) is 48.8 Å². The minimum atomic E-state index is -0.932. The number of carbonyl (C=O) groups excluding carboxylic acids is 1. The lowest BCUT2D eigenvalue weighted by Gasteiger charge is -2.35. The molecule has 1 fully saturated rings. The first-order valence-corrected chi connectivity index (χ1v) is 15.8. The van der Waals surface area contributed by atoms with Crippen LogP contribution in [-0.2, 0) is 16.1 Å². The summed E-state index contributed by atoms with van der Waals surface area (Å²) in [6, 6.07) is 9.76. The maximum atomic E-state index is 14.4. The van der Waals surface area contributed by atoms with Crippen LogP contribution in [0, 0.1) is 18.7 Å². The highest BCUT2D eigenvalue weighted by Gasteiger charge is 2.48. The van der Waals surface area contributed by atoms with Crippen molar-refractivity contribution in [1.29, 1.82) is 0 Å². The molecular formula is C34H43FN4O6. The standard InChI is InChI=1S/C34H43FN4O6/c1-5-8-24(9-6-2)39(25-10-11-27(35)22(3)16-25)31(40)20-37-19-26(23-17-29(43-4)33-30(18-23)44-21-45-33)32(34(41)42)28(37)12-15-38-14-7-13-36-38/h7,10-11,13-14,16-18,24,26,28,32H,5-6,8-9,12,15,19-21H2,1-4H3,(H,41,42)/t26-,28-,32+/m1/s1. The summed E-state index contributed by atoms with van der Waals surface area (Å²) in [5, 5.41) is 15.0. The summed E-state index contributed by atoms with van der Waals surface area (Å²) in [5.41, 5.74) is 1.88. The van der Waals surface area contributed by atoms with E-state index in [1.54, 1.807) is 29.9 Å². The minimum Gasteiger partial charge on any atom is -0.493 e. The van der Waals surface area contributed by atoms with Gasteiger partial charge in [0.25, 0.3) is 0 Å². The van der Waals surface area contributed by atoms with E-state index >= 15 is 0 Å². The van der Waals surface area contributed by atoms with E-state index < -0.39 is 23.8 Å². The van der Waals surface area contributed by atoms with E-state index in [0.29, 0.717) is 48.0 Å². The Bertz CT molecular complexity index is 1480. The Labute approximate surface area is 263 Å². The van der Waals surface area contributed by atoms with Gasteiger partial charge in [-0.25, -0.2) is 4.39 Å². The van der Waals surface area contributed by atoms with Crippen molar-refractivity contribution in [3.63, 3.8) is 0 Å². The fraction of sp³-hybridized carbons (Fsp3) is 0.500. The number of halogens is 1. The molecule has 2 aliphatic heterocycles. The molecule has 1 N–H and O–H groups in total. The second-order valence-corrected chi connectivity index (χ2v) is 11.9. The Hall–Kier alpha value is -4.12. The Morgan fingerprint density at radius 3 is 2.60 bits per heavy atom. The molecule has 0 bridgehead atoms. The lowest BCUT2D eigenvalue weighted by molar-refractivity contribution is -0.143. The number of aliphatic carboxylic acids is 1. The van der Waals surface area contributed by atoms with Gasteiger partial charge in [0.1, 0.15) is 5.82 Å². The van der Waals surface area contributed by atoms with Crippen molar-refractivity contribution in [3.8, 4) is 17.2 Å². The molecule has 10 nitrogen and oxygen atoms in total. The first-order chi connectivity index (χ1) is 21.7. The number of benzene rings is 2. The molecule has 0 aliphatic carbocycles. The molecule has 3 aromatic rings. The van der Waals surface area contributed by atoms with Crippen molar-refractivity contribution in [2.24, 2.45) is 5.92 Å². The number of hydrogen-bond donors (Lipinski definition) is 1. The number of hydrogen-bond acceptors (Lipinski definition) is 7. The molecule has 5 rings (SSSR count). The zero-order chi connectivity index (χ0) is 32.1. The SMILES string of the molecule is CCCC(CCC)N(C(=O)CN1C[C@H](c2cc(OC)c3c(c2)OCO3)[C@H](C(=O)O)[C@H]1CCn1cccn1)c1ccc(F)c(C)c1. The molecule has 242 valence electrons. The molecule has 1 saturated heterocycles. The highest BCUT2D eigenvalue weighted by atomic mass is 19.1. The number of nitrogens with zero attached hydrogens (tertiary/aromatic N) is 4. The predicted molar refractivity (Wildman–Crippen MR) is 167 cm³/mol. The van der Waals surface area contributed by atoms with E-state index in [-0.39, 0.29) is 31.1 Å². The number of aryl methyl sites for hydroxylation is 2. The monoisotopic (exact) mass is 622 g/mol. The smallest absolute Gasteiger partial charge is 0.308 e. The van der Waals surface area contributed by atoms with Crippen LogP contribution in [0.1, 0.15) is 63.0 Å². The summed E-state index contributed by atoms with van der Waals surface area (Å²) < 4.78 is 32.9. The van der Waals surface area contributed by atoms with Crippen LogP contribution in [0.3, 0.4) is 0 Å². The van der Waals surface area contributed by atoms with Crippen LogP contribution < -0.4 is 19.1 Å². The molecule has 1 amide bonds. The minimum absolute atomic E-state index is 0.0199. The maximum absolute atomic E-state index is 14.4. The average molecular weight is 623 g/mol. The topological polar surface area (TPSA) is 106 Å². The predicted octanol–water partition coefficient (Wildman–Crippen LogP) is 5.63. The lowest BCUT2D eigenvalue weighted by atomic mass is 9.84. The highest BCUT2D eigenvalue weighted by Crippen LogP contribution is 2.47. The number of fused-ring (bicyclic) bond motifs is 1. The number of likely N-dealkylation sites (tertiary alicyclic amines) is 1. The number of rotatable bonds is 14. The van der Waals surface area contributed by atoms with Crippen molar-refractivity contribution in [1.82, 2.24) is 14.7 Å². The molecule has 0 spiro atoms. The Balaban J connectivity index is 1.51. The van der Waals surface area contributed by atoms with Crippen LogP contribution in [0.5, 0.6) is 17.2 Å². The van der Waals surface area contributed by atoms with Crippen molar-refractivity contribution in [3.05, 3.63) is 65.7 Å². The number of carboxylic acid groups (broad SMARTS) is 1. The largest absolute Gasteiger partial charge is 0.493 e. The Kier molecular flexibility index (Phi) is 10.3. The van der Waals surface area contributed by atoms with E-state index in [4.69, 9.17) is 14.2 Å². The maximum Gasteiger partial charge on any atom is 0.308 e. The van der Waals surface area contributed by atoms with Crippen LogP contribution in [0.2, 0.25) is 0 Å². The second kappa shape index (κ2) is 14.3. The molecule has 3 atom stereocenters. The summed E-state index contributed by atoms with van der Waals surface area (Å²) in [4.78, 5) is 31.2.